The zero-order valence-electron chi connectivity index (χ0n) is 15.3. The molecule has 1 amide bonds. The Kier molecular flexibility index (Phi) is 9.12. The number of carbonyl (C=O) groups is 1. The van der Waals surface area contributed by atoms with Gasteiger partial charge in [0.2, 0.25) is 0 Å². The summed E-state index contributed by atoms with van der Waals surface area (Å²) in [5.74, 6) is 0.525. The van der Waals surface area contributed by atoms with Crippen LogP contribution in [-0.2, 0) is 0 Å². The van der Waals surface area contributed by atoms with Crippen LogP contribution in [0.2, 0.25) is 0 Å². The predicted octanol–water partition coefficient (Wildman–Crippen LogP) is 5.12. The zero-order chi connectivity index (χ0) is 18.8. The Morgan fingerprint density at radius 1 is 1.35 bits per heavy atom. The highest BCUT2D eigenvalue weighted by atomic mass is 79.9. The second kappa shape index (κ2) is 11.3. The summed E-state index contributed by atoms with van der Waals surface area (Å²) >= 11 is 8.69. The lowest BCUT2D eigenvalue weighted by Crippen LogP contribution is -2.39. The van der Waals surface area contributed by atoms with Crippen LogP contribution in [0.25, 0.3) is 0 Å². The molecule has 1 aromatic carbocycles. The normalized spacial score (nSPS) is 13.7. The summed E-state index contributed by atoms with van der Waals surface area (Å²) in [6.07, 6.45) is 10.3. The first kappa shape index (κ1) is 20.9. The Hall–Kier alpha value is -1.40. The fraction of sp³-hybridized carbons (Fsp3) is 0.500. The van der Waals surface area contributed by atoms with Gasteiger partial charge in [-0.15, -0.1) is 0 Å². The van der Waals surface area contributed by atoms with Crippen LogP contribution in [0.3, 0.4) is 0 Å². The Morgan fingerprint density at radius 3 is 2.88 bits per heavy atom. The van der Waals surface area contributed by atoms with Crippen LogP contribution in [-0.4, -0.2) is 24.2 Å². The molecular weight excluding hydrogens is 412 g/mol. The minimum Gasteiger partial charge on any atom is -0.492 e. The number of ether oxygens (including phenoxy) is 1. The smallest absolute Gasteiger partial charge is 0.257 e. The average Bonchev–Trinajstić information content (AvgIpc) is 2.64. The number of hydrogen-bond donors (Lipinski definition) is 2. The molecule has 1 aliphatic carbocycles. The van der Waals surface area contributed by atoms with Crippen LogP contribution >= 0.6 is 28.1 Å². The second-order valence-electron chi connectivity index (χ2n) is 6.42. The lowest BCUT2D eigenvalue weighted by atomic mass is 9.97. The average molecular weight is 439 g/mol. The third-order valence-corrected chi connectivity index (χ3v) is 5.16. The molecule has 6 heteroatoms. The Balaban J connectivity index is 1.78. The summed E-state index contributed by atoms with van der Waals surface area (Å²) in [6.45, 7) is 3.54. The fourth-order valence-electron chi connectivity index (χ4n) is 2.77. The Bertz CT molecular complexity index is 661. The van der Waals surface area contributed by atoms with Gasteiger partial charge in [0.1, 0.15) is 5.75 Å². The number of hydrogen-bond acceptors (Lipinski definition) is 3. The van der Waals surface area contributed by atoms with E-state index in [0.29, 0.717) is 17.3 Å². The van der Waals surface area contributed by atoms with Gasteiger partial charge in [0.25, 0.3) is 5.91 Å². The molecule has 0 aromatic heterocycles. The molecule has 0 saturated heterocycles. The van der Waals surface area contributed by atoms with Crippen molar-refractivity contribution in [1.82, 2.24) is 10.6 Å². The molecule has 142 valence electrons. The van der Waals surface area contributed by atoms with Crippen LogP contribution in [0.4, 0.5) is 0 Å². The molecule has 0 spiro atoms. The number of rotatable bonds is 8. The minimum atomic E-state index is -0.222. The van der Waals surface area contributed by atoms with Gasteiger partial charge in [-0.3, -0.25) is 10.1 Å². The molecule has 0 unspecified atom stereocenters. The highest BCUT2D eigenvalue weighted by Gasteiger charge is 2.11. The number of halogens is 1. The quantitative estimate of drug-likeness (QED) is 0.335. The van der Waals surface area contributed by atoms with E-state index in [1.54, 1.807) is 18.2 Å². The maximum absolute atomic E-state index is 12.3. The lowest BCUT2D eigenvalue weighted by Gasteiger charge is -2.14. The number of unbranched alkanes of at least 4 members (excludes halogenated alkanes) is 1. The number of thiocarbonyl (C=S) groups is 1. The predicted molar refractivity (Wildman–Crippen MR) is 114 cm³/mol. The van der Waals surface area contributed by atoms with E-state index >= 15 is 0 Å². The molecule has 2 rings (SSSR count). The van der Waals surface area contributed by atoms with Gasteiger partial charge in [0, 0.05) is 12.1 Å². The lowest BCUT2D eigenvalue weighted by molar-refractivity contribution is 0.0976. The molecule has 26 heavy (non-hydrogen) atoms. The van der Waals surface area contributed by atoms with Crippen molar-refractivity contribution in [2.75, 3.05) is 13.2 Å². The summed E-state index contributed by atoms with van der Waals surface area (Å²) in [5.41, 5.74) is 2.03. The highest BCUT2D eigenvalue weighted by molar-refractivity contribution is 9.10. The summed E-state index contributed by atoms with van der Waals surface area (Å²) in [4.78, 5) is 12.3. The molecule has 0 aliphatic heterocycles. The molecule has 0 saturated carbocycles. The monoisotopic (exact) mass is 438 g/mol. The molecular formula is C20H27BrN2O2S. The summed E-state index contributed by atoms with van der Waals surface area (Å²) in [7, 11) is 0. The molecule has 1 aromatic rings. The van der Waals surface area contributed by atoms with Crippen molar-refractivity contribution in [1.29, 1.82) is 0 Å². The van der Waals surface area contributed by atoms with E-state index < -0.39 is 0 Å². The maximum Gasteiger partial charge on any atom is 0.257 e. The van der Waals surface area contributed by atoms with E-state index in [1.165, 1.54) is 31.3 Å². The van der Waals surface area contributed by atoms with Crippen LogP contribution in [0.15, 0.2) is 34.3 Å². The first-order chi connectivity index (χ1) is 12.6. The molecule has 0 heterocycles. The van der Waals surface area contributed by atoms with Crippen molar-refractivity contribution in [3.63, 3.8) is 0 Å². The topological polar surface area (TPSA) is 50.4 Å². The summed E-state index contributed by atoms with van der Waals surface area (Å²) in [6, 6.07) is 5.31. The van der Waals surface area contributed by atoms with Crippen LogP contribution in [0, 0.1) is 0 Å². The third kappa shape index (κ3) is 7.08. The van der Waals surface area contributed by atoms with Crippen molar-refractivity contribution >= 4 is 39.2 Å². The third-order valence-electron chi connectivity index (χ3n) is 4.29. The number of amides is 1. The molecule has 0 fully saturated rings. The van der Waals surface area contributed by atoms with Crippen molar-refractivity contribution in [3.8, 4) is 5.75 Å². The van der Waals surface area contributed by atoms with Crippen molar-refractivity contribution in [2.24, 2.45) is 0 Å². The van der Waals surface area contributed by atoms with E-state index in [2.05, 4.69) is 39.6 Å². The minimum absolute atomic E-state index is 0.222. The van der Waals surface area contributed by atoms with Gasteiger partial charge in [0.05, 0.1) is 11.1 Å². The van der Waals surface area contributed by atoms with Gasteiger partial charge < -0.3 is 10.1 Å². The van der Waals surface area contributed by atoms with Crippen LogP contribution in [0.1, 0.15) is 62.2 Å². The second-order valence-corrected chi connectivity index (χ2v) is 7.68. The SMILES string of the molecule is CCCCOc1ccc(C(=O)NC(=S)NCCC2=CCCCC2)cc1Br. The first-order valence-electron chi connectivity index (χ1n) is 9.29. The fourth-order valence-corrected chi connectivity index (χ4v) is 3.46. The molecule has 0 bridgehead atoms. The van der Waals surface area contributed by atoms with Crippen molar-refractivity contribution in [3.05, 3.63) is 39.9 Å². The summed E-state index contributed by atoms with van der Waals surface area (Å²) < 4.78 is 6.45. The standard InChI is InChI=1S/C20H27BrN2O2S/c1-2-3-13-25-18-10-9-16(14-17(18)21)19(24)23-20(26)22-12-11-15-7-5-4-6-8-15/h7,9-10,14H,2-6,8,11-13H2,1H3,(H2,22,23,24,26). The number of nitrogens with one attached hydrogen (secondary N) is 2. The first-order valence-corrected chi connectivity index (χ1v) is 10.5. The van der Waals surface area contributed by atoms with E-state index in [0.717, 1.165) is 36.0 Å². The Labute approximate surface area is 169 Å². The van der Waals surface area contributed by atoms with Crippen LogP contribution in [0.5, 0.6) is 5.75 Å². The number of carbonyl (C=O) groups excluding carboxylic acids is 1. The largest absolute Gasteiger partial charge is 0.492 e. The van der Waals surface area contributed by atoms with E-state index in [-0.39, 0.29) is 5.91 Å². The van der Waals surface area contributed by atoms with E-state index in [1.807, 2.05) is 0 Å². The van der Waals surface area contributed by atoms with Gasteiger partial charge in [-0.25, -0.2) is 0 Å². The molecule has 1 aliphatic rings. The van der Waals surface area contributed by atoms with E-state index in [9.17, 15) is 4.79 Å². The molecule has 0 radical (unpaired) electrons. The molecule has 2 N–H and O–H groups in total. The van der Waals surface area contributed by atoms with E-state index in [4.69, 9.17) is 17.0 Å². The van der Waals surface area contributed by atoms with Gasteiger partial charge in [-0.1, -0.05) is 25.0 Å². The van der Waals surface area contributed by atoms with Crippen molar-refractivity contribution in [2.45, 2.75) is 51.9 Å². The van der Waals surface area contributed by atoms with Crippen molar-refractivity contribution < 1.29 is 9.53 Å². The maximum atomic E-state index is 12.3. The van der Waals surface area contributed by atoms with Gasteiger partial charge in [0.15, 0.2) is 5.11 Å². The highest BCUT2D eigenvalue weighted by Crippen LogP contribution is 2.26. The zero-order valence-corrected chi connectivity index (χ0v) is 17.7. The number of allylic oxidation sites excluding steroid dienone is 1. The number of benzene rings is 1. The van der Waals surface area contributed by atoms with Gasteiger partial charge >= 0.3 is 0 Å². The van der Waals surface area contributed by atoms with Crippen LogP contribution < -0.4 is 15.4 Å². The van der Waals surface area contributed by atoms with Gasteiger partial charge in [-0.05, 0) is 84.9 Å². The molecule has 0 atom stereocenters. The summed E-state index contributed by atoms with van der Waals surface area (Å²) in [5, 5.41) is 6.21. The Morgan fingerprint density at radius 2 is 2.19 bits per heavy atom. The van der Waals surface area contributed by atoms with Gasteiger partial charge in [-0.2, -0.15) is 0 Å². The molecule has 4 nitrogen and oxygen atoms in total.